The van der Waals surface area contributed by atoms with Crippen molar-refractivity contribution in [2.24, 2.45) is 0 Å². The second-order valence-corrected chi connectivity index (χ2v) is 5.89. The van der Waals surface area contributed by atoms with E-state index in [0.717, 1.165) is 26.7 Å². The van der Waals surface area contributed by atoms with Gasteiger partial charge in [-0.3, -0.25) is 0 Å². The molecule has 3 rings (SSSR count). The number of rotatable bonds is 4. The maximum atomic E-state index is 11.5. The Morgan fingerprint density at radius 1 is 1.18 bits per heavy atom. The lowest BCUT2D eigenvalue weighted by Crippen LogP contribution is -2.09. The number of ether oxygens (including phenoxy) is 1. The van der Waals surface area contributed by atoms with Gasteiger partial charge < -0.3 is 14.4 Å². The number of methoxy groups -OCH3 is 1. The fraction of sp³-hybridized carbons (Fsp3) is 0.118. The van der Waals surface area contributed by atoms with Crippen LogP contribution in [-0.2, 0) is 6.54 Å². The number of aromatic nitrogens is 1. The first-order valence-corrected chi connectivity index (χ1v) is 7.53. The number of carboxylic acids is 1. The van der Waals surface area contributed by atoms with Gasteiger partial charge in [0.2, 0.25) is 0 Å². The number of fused-ring (bicyclic) bond motifs is 1. The second kappa shape index (κ2) is 5.85. The molecule has 1 heterocycles. The first-order valence-electron chi connectivity index (χ1n) is 6.73. The first kappa shape index (κ1) is 14.7. The lowest BCUT2D eigenvalue weighted by molar-refractivity contribution is 0.0686. The average molecular weight is 360 g/mol. The number of aromatic carboxylic acids is 1. The molecule has 4 nitrogen and oxygen atoms in total. The molecule has 0 atom stereocenters. The number of nitrogens with zero attached hydrogens (tertiary/aromatic N) is 1. The Morgan fingerprint density at radius 3 is 2.55 bits per heavy atom. The van der Waals surface area contributed by atoms with E-state index in [4.69, 9.17) is 4.74 Å². The Morgan fingerprint density at radius 2 is 1.91 bits per heavy atom. The Balaban J connectivity index is 2.07. The molecule has 0 aliphatic carbocycles. The molecular formula is C17H14BrNO3. The van der Waals surface area contributed by atoms with Gasteiger partial charge in [0.1, 0.15) is 11.4 Å². The monoisotopic (exact) mass is 359 g/mol. The van der Waals surface area contributed by atoms with Gasteiger partial charge in [0, 0.05) is 21.9 Å². The summed E-state index contributed by atoms with van der Waals surface area (Å²) in [5.74, 6) is -0.149. The Kier molecular flexibility index (Phi) is 3.90. The largest absolute Gasteiger partial charge is 0.497 e. The molecule has 1 aromatic heterocycles. The van der Waals surface area contributed by atoms with Crippen LogP contribution >= 0.6 is 15.9 Å². The summed E-state index contributed by atoms with van der Waals surface area (Å²) < 4.78 is 7.88. The number of hydrogen-bond acceptors (Lipinski definition) is 2. The summed E-state index contributed by atoms with van der Waals surface area (Å²) in [5, 5.41) is 10.3. The van der Waals surface area contributed by atoms with Crippen LogP contribution in [0.25, 0.3) is 10.9 Å². The van der Waals surface area contributed by atoms with E-state index in [1.54, 1.807) is 13.2 Å². The first-order chi connectivity index (χ1) is 10.6. The molecule has 0 amide bonds. The Labute approximate surface area is 136 Å². The van der Waals surface area contributed by atoms with Gasteiger partial charge in [-0.15, -0.1) is 0 Å². The van der Waals surface area contributed by atoms with Gasteiger partial charge in [0.05, 0.1) is 7.11 Å². The third kappa shape index (κ3) is 2.72. The highest BCUT2D eigenvalue weighted by Gasteiger charge is 2.15. The van der Waals surface area contributed by atoms with E-state index >= 15 is 0 Å². The minimum atomic E-state index is -0.930. The number of carbonyl (C=O) groups is 1. The maximum absolute atomic E-state index is 11.5. The van der Waals surface area contributed by atoms with Gasteiger partial charge >= 0.3 is 5.97 Å². The van der Waals surface area contributed by atoms with Crippen LogP contribution < -0.4 is 4.74 Å². The predicted molar refractivity (Wildman–Crippen MR) is 88.7 cm³/mol. The Bertz CT molecular complexity index is 837. The molecular weight excluding hydrogens is 346 g/mol. The highest BCUT2D eigenvalue weighted by molar-refractivity contribution is 9.10. The van der Waals surface area contributed by atoms with Crippen molar-refractivity contribution in [1.29, 1.82) is 0 Å². The van der Waals surface area contributed by atoms with Gasteiger partial charge in [-0.05, 0) is 42.0 Å². The summed E-state index contributed by atoms with van der Waals surface area (Å²) in [7, 11) is 1.62. The van der Waals surface area contributed by atoms with E-state index in [9.17, 15) is 9.90 Å². The molecule has 0 saturated carbocycles. The summed E-state index contributed by atoms with van der Waals surface area (Å²) >= 11 is 3.42. The van der Waals surface area contributed by atoms with E-state index in [0.29, 0.717) is 6.54 Å². The van der Waals surface area contributed by atoms with Crippen LogP contribution in [-0.4, -0.2) is 22.8 Å². The highest BCUT2D eigenvalue weighted by atomic mass is 79.9. The molecule has 0 bridgehead atoms. The van der Waals surface area contributed by atoms with E-state index in [1.807, 2.05) is 47.0 Å². The fourth-order valence-electron chi connectivity index (χ4n) is 2.50. The normalized spacial score (nSPS) is 10.8. The molecule has 5 heteroatoms. The number of hydrogen-bond donors (Lipinski definition) is 1. The third-order valence-electron chi connectivity index (χ3n) is 3.58. The quantitative estimate of drug-likeness (QED) is 0.760. The smallest absolute Gasteiger partial charge is 0.352 e. The zero-order valence-electron chi connectivity index (χ0n) is 11.9. The van der Waals surface area contributed by atoms with Crippen molar-refractivity contribution in [3.05, 3.63) is 64.3 Å². The van der Waals surface area contributed by atoms with E-state index < -0.39 is 5.97 Å². The molecule has 2 aromatic carbocycles. The van der Waals surface area contributed by atoms with Gasteiger partial charge in [-0.2, -0.15) is 0 Å². The lowest BCUT2D eigenvalue weighted by atomic mass is 10.2. The highest BCUT2D eigenvalue weighted by Crippen LogP contribution is 2.25. The molecule has 0 fully saturated rings. The van der Waals surface area contributed by atoms with Gasteiger partial charge in [-0.1, -0.05) is 28.1 Å². The van der Waals surface area contributed by atoms with Crippen LogP contribution in [0.3, 0.4) is 0 Å². The second-order valence-electron chi connectivity index (χ2n) is 4.97. The number of carboxylic acid groups (broad SMARTS) is 1. The van der Waals surface area contributed by atoms with E-state index in [1.165, 1.54) is 0 Å². The SMILES string of the molecule is COc1ccc(Cn2c(C(=O)O)cc3cc(Br)ccc32)cc1. The van der Waals surface area contributed by atoms with Crippen LogP contribution in [0, 0.1) is 0 Å². The van der Waals surface area contributed by atoms with Crippen molar-refractivity contribution in [3.8, 4) is 5.75 Å². The van der Waals surface area contributed by atoms with E-state index in [-0.39, 0.29) is 5.69 Å². The summed E-state index contributed by atoms with van der Waals surface area (Å²) in [6.07, 6.45) is 0. The minimum Gasteiger partial charge on any atom is -0.497 e. The fourth-order valence-corrected chi connectivity index (χ4v) is 2.88. The molecule has 1 N–H and O–H groups in total. The molecule has 22 heavy (non-hydrogen) atoms. The molecule has 0 spiro atoms. The van der Waals surface area contributed by atoms with E-state index in [2.05, 4.69) is 15.9 Å². The standard InChI is InChI=1S/C17H14BrNO3/c1-22-14-5-2-11(3-6-14)10-19-15-7-4-13(18)8-12(15)9-16(19)17(20)21/h2-9H,10H2,1H3,(H,20,21). The molecule has 0 saturated heterocycles. The number of halogens is 1. The molecule has 0 radical (unpaired) electrons. The average Bonchev–Trinajstić information content (AvgIpc) is 2.86. The summed E-state index contributed by atoms with van der Waals surface area (Å²) in [4.78, 5) is 11.5. The third-order valence-corrected chi connectivity index (χ3v) is 4.08. The van der Waals surface area contributed by atoms with Gasteiger partial charge in [0.15, 0.2) is 0 Å². The summed E-state index contributed by atoms with van der Waals surface area (Å²) in [5.41, 5.74) is 2.20. The van der Waals surface area contributed by atoms with Crippen LogP contribution in [0.2, 0.25) is 0 Å². The van der Waals surface area contributed by atoms with Gasteiger partial charge in [-0.25, -0.2) is 4.79 Å². The van der Waals surface area contributed by atoms with Crippen molar-refractivity contribution >= 4 is 32.8 Å². The van der Waals surface area contributed by atoms with Gasteiger partial charge in [0.25, 0.3) is 0 Å². The summed E-state index contributed by atoms with van der Waals surface area (Å²) in [6, 6.07) is 15.1. The van der Waals surface area contributed by atoms with Crippen molar-refractivity contribution in [3.63, 3.8) is 0 Å². The lowest BCUT2D eigenvalue weighted by Gasteiger charge is -2.09. The zero-order chi connectivity index (χ0) is 15.7. The van der Waals surface area contributed by atoms with Crippen LogP contribution in [0.5, 0.6) is 5.75 Å². The maximum Gasteiger partial charge on any atom is 0.352 e. The zero-order valence-corrected chi connectivity index (χ0v) is 13.5. The van der Waals surface area contributed by atoms with Crippen LogP contribution in [0.15, 0.2) is 53.0 Å². The summed E-state index contributed by atoms with van der Waals surface area (Å²) in [6.45, 7) is 0.497. The minimum absolute atomic E-state index is 0.281. The molecule has 0 aliphatic heterocycles. The van der Waals surface area contributed by atoms with Crippen molar-refractivity contribution in [1.82, 2.24) is 4.57 Å². The molecule has 112 valence electrons. The topological polar surface area (TPSA) is 51.5 Å². The van der Waals surface area contributed by atoms with Crippen molar-refractivity contribution in [2.45, 2.75) is 6.54 Å². The Hall–Kier alpha value is -2.27. The predicted octanol–water partition coefficient (Wildman–Crippen LogP) is 4.16. The molecule has 3 aromatic rings. The van der Waals surface area contributed by atoms with Crippen molar-refractivity contribution < 1.29 is 14.6 Å². The molecule has 0 unspecified atom stereocenters. The molecule has 0 aliphatic rings. The van der Waals surface area contributed by atoms with Crippen molar-refractivity contribution in [2.75, 3.05) is 7.11 Å². The van der Waals surface area contributed by atoms with Crippen LogP contribution in [0.4, 0.5) is 0 Å². The number of benzene rings is 2. The van der Waals surface area contributed by atoms with Crippen LogP contribution in [0.1, 0.15) is 16.1 Å².